The van der Waals surface area contributed by atoms with Crippen molar-refractivity contribution >= 4 is 11.4 Å². The zero-order valence-electron chi connectivity index (χ0n) is 11.0. The highest BCUT2D eigenvalue weighted by molar-refractivity contribution is 5.64. The molecule has 7 nitrogen and oxygen atoms in total. The number of aromatic nitrogens is 1. The van der Waals surface area contributed by atoms with Crippen LogP contribution < -0.4 is 5.32 Å². The van der Waals surface area contributed by atoms with Gasteiger partial charge in [0.1, 0.15) is 11.4 Å². The predicted molar refractivity (Wildman–Crippen MR) is 71.1 cm³/mol. The van der Waals surface area contributed by atoms with Crippen LogP contribution >= 0.6 is 0 Å². The Bertz CT molecular complexity index is 681. The molecule has 1 N–H and O–H groups in total. The summed E-state index contributed by atoms with van der Waals surface area (Å²) >= 11 is 0. The topological polar surface area (TPSA) is 105 Å². The third-order valence-electron chi connectivity index (χ3n) is 2.83. The van der Waals surface area contributed by atoms with Crippen LogP contribution in [0.25, 0.3) is 0 Å². The highest BCUT2D eigenvalue weighted by atomic mass is 16.6. The van der Waals surface area contributed by atoms with Crippen molar-refractivity contribution in [2.75, 3.05) is 5.32 Å². The number of nitrogens with zero attached hydrogens (tertiary/aromatic N) is 3. The number of rotatable bonds is 4. The van der Waals surface area contributed by atoms with Crippen LogP contribution in [0.2, 0.25) is 0 Å². The van der Waals surface area contributed by atoms with Crippen molar-refractivity contribution in [1.82, 2.24) is 4.98 Å². The molecule has 7 heteroatoms. The number of anilines is 1. The van der Waals surface area contributed by atoms with Gasteiger partial charge >= 0.3 is 0 Å². The fourth-order valence-corrected chi connectivity index (χ4v) is 1.69. The van der Waals surface area contributed by atoms with Gasteiger partial charge in [0.15, 0.2) is 0 Å². The van der Waals surface area contributed by atoms with Crippen LogP contribution in [-0.4, -0.2) is 9.91 Å². The van der Waals surface area contributed by atoms with E-state index in [1.54, 1.807) is 6.92 Å². The zero-order valence-corrected chi connectivity index (χ0v) is 11.0. The van der Waals surface area contributed by atoms with Crippen molar-refractivity contribution < 1.29 is 9.34 Å². The Balaban J connectivity index is 2.23. The minimum Gasteiger partial charge on any atom is -0.444 e. The Morgan fingerprint density at radius 1 is 1.50 bits per heavy atom. The molecule has 0 bridgehead atoms. The maximum atomic E-state index is 10.9. The summed E-state index contributed by atoms with van der Waals surface area (Å²) in [5.74, 6) is 1.15. The first-order valence-electron chi connectivity index (χ1n) is 5.86. The second-order valence-corrected chi connectivity index (χ2v) is 4.20. The SMILES string of the molecule is Cc1nc(CNc2cc(C#N)ccc2[N+](=O)[O-])oc1C. The fraction of sp³-hybridized carbons (Fsp3) is 0.231. The molecule has 0 aliphatic carbocycles. The van der Waals surface area contributed by atoms with Crippen LogP contribution in [0.4, 0.5) is 11.4 Å². The van der Waals surface area contributed by atoms with E-state index in [9.17, 15) is 10.1 Å². The van der Waals surface area contributed by atoms with E-state index in [2.05, 4.69) is 10.3 Å². The van der Waals surface area contributed by atoms with E-state index in [0.29, 0.717) is 17.2 Å². The number of nitrogens with one attached hydrogen (secondary N) is 1. The first-order valence-corrected chi connectivity index (χ1v) is 5.86. The van der Waals surface area contributed by atoms with Gasteiger partial charge < -0.3 is 9.73 Å². The van der Waals surface area contributed by atoms with E-state index in [0.717, 1.165) is 5.69 Å². The Labute approximate surface area is 115 Å². The van der Waals surface area contributed by atoms with Crippen molar-refractivity contribution in [2.24, 2.45) is 0 Å². The van der Waals surface area contributed by atoms with Crippen molar-refractivity contribution in [3.05, 3.63) is 51.2 Å². The van der Waals surface area contributed by atoms with Gasteiger partial charge in [0.05, 0.1) is 28.8 Å². The number of nitriles is 1. The average Bonchev–Trinajstić information content (AvgIpc) is 2.75. The lowest BCUT2D eigenvalue weighted by molar-refractivity contribution is -0.384. The van der Waals surface area contributed by atoms with Gasteiger partial charge in [-0.1, -0.05) is 0 Å². The Kier molecular flexibility index (Phi) is 3.66. The normalized spacial score (nSPS) is 10.1. The van der Waals surface area contributed by atoms with Gasteiger partial charge in [-0.05, 0) is 26.0 Å². The van der Waals surface area contributed by atoms with Crippen LogP contribution in [0.1, 0.15) is 22.9 Å². The summed E-state index contributed by atoms with van der Waals surface area (Å²) in [5, 5.41) is 22.6. The van der Waals surface area contributed by atoms with Gasteiger partial charge in [-0.15, -0.1) is 0 Å². The molecule has 1 aromatic carbocycles. The lowest BCUT2D eigenvalue weighted by Crippen LogP contribution is -2.03. The molecule has 0 aliphatic rings. The molecule has 0 unspecified atom stereocenters. The number of benzene rings is 1. The molecule has 0 amide bonds. The number of oxazole rings is 1. The largest absolute Gasteiger partial charge is 0.444 e. The maximum absolute atomic E-state index is 10.9. The summed E-state index contributed by atoms with van der Waals surface area (Å²) in [4.78, 5) is 14.6. The molecule has 1 aromatic heterocycles. The number of hydrogen-bond acceptors (Lipinski definition) is 6. The summed E-state index contributed by atoms with van der Waals surface area (Å²) in [5.41, 5.74) is 1.30. The molecule has 0 aliphatic heterocycles. The average molecular weight is 272 g/mol. The highest BCUT2D eigenvalue weighted by Gasteiger charge is 2.15. The second kappa shape index (κ2) is 5.40. The molecular formula is C13H12N4O3. The van der Waals surface area contributed by atoms with Gasteiger partial charge in [-0.2, -0.15) is 5.26 Å². The number of nitro groups is 1. The van der Waals surface area contributed by atoms with Crippen molar-refractivity contribution in [3.8, 4) is 6.07 Å². The zero-order chi connectivity index (χ0) is 14.7. The number of hydrogen-bond donors (Lipinski definition) is 1. The van der Waals surface area contributed by atoms with E-state index in [1.807, 2.05) is 13.0 Å². The number of nitro benzene ring substituents is 1. The molecule has 2 rings (SSSR count). The van der Waals surface area contributed by atoms with Crippen LogP contribution in [0.15, 0.2) is 22.6 Å². The van der Waals surface area contributed by atoms with Gasteiger partial charge in [0.2, 0.25) is 5.89 Å². The first kappa shape index (κ1) is 13.5. The Morgan fingerprint density at radius 2 is 2.25 bits per heavy atom. The Morgan fingerprint density at radius 3 is 2.80 bits per heavy atom. The van der Waals surface area contributed by atoms with Crippen molar-refractivity contribution in [1.29, 1.82) is 5.26 Å². The van der Waals surface area contributed by atoms with E-state index >= 15 is 0 Å². The molecule has 102 valence electrons. The third kappa shape index (κ3) is 2.75. The van der Waals surface area contributed by atoms with Gasteiger partial charge in [-0.25, -0.2) is 4.98 Å². The monoisotopic (exact) mass is 272 g/mol. The summed E-state index contributed by atoms with van der Waals surface area (Å²) in [6, 6.07) is 6.08. The molecule has 0 atom stereocenters. The van der Waals surface area contributed by atoms with Crippen LogP contribution in [0.5, 0.6) is 0 Å². The quantitative estimate of drug-likeness (QED) is 0.677. The minimum absolute atomic E-state index is 0.0935. The van der Waals surface area contributed by atoms with E-state index in [1.165, 1.54) is 18.2 Å². The van der Waals surface area contributed by atoms with Crippen molar-refractivity contribution in [3.63, 3.8) is 0 Å². The molecule has 1 heterocycles. The lowest BCUT2D eigenvalue weighted by atomic mass is 10.2. The molecule has 0 spiro atoms. The summed E-state index contributed by atoms with van der Waals surface area (Å²) in [7, 11) is 0. The molecule has 0 fully saturated rings. The third-order valence-corrected chi connectivity index (χ3v) is 2.83. The molecule has 0 saturated carbocycles. The summed E-state index contributed by atoms with van der Waals surface area (Å²) in [6.07, 6.45) is 0. The van der Waals surface area contributed by atoms with Crippen LogP contribution in [0, 0.1) is 35.3 Å². The molecular weight excluding hydrogens is 260 g/mol. The highest BCUT2D eigenvalue weighted by Crippen LogP contribution is 2.25. The molecule has 0 radical (unpaired) electrons. The second-order valence-electron chi connectivity index (χ2n) is 4.20. The fourth-order valence-electron chi connectivity index (χ4n) is 1.69. The molecule has 20 heavy (non-hydrogen) atoms. The van der Waals surface area contributed by atoms with Gasteiger partial charge in [-0.3, -0.25) is 10.1 Å². The summed E-state index contributed by atoms with van der Waals surface area (Å²) in [6.45, 7) is 3.83. The van der Waals surface area contributed by atoms with E-state index in [4.69, 9.17) is 9.68 Å². The number of aryl methyl sites for hydroxylation is 2. The van der Waals surface area contributed by atoms with Gasteiger partial charge in [0.25, 0.3) is 5.69 Å². The predicted octanol–water partition coefficient (Wildman–Crippen LogP) is 2.68. The molecule has 0 saturated heterocycles. The van der Waals surface area contributed by atoms with E-state index < -0.39 is 4.92 Å². The molecule has 2 aromatic rings. The van der Waals surface area contributed by atoms with Crippen molar-refractivity contribution in [2.45, 2.75) is 20.4 Å². The maximum Gasteiger partial charge on any atom is 0.292 e. The van der Waals surface area contributed by atoms with Crippen LogP contribution in [0.3, 0.4) is 0 Å². The minimum atomic E-state index is -0.504. The lowest BCUT2D eigenvalue weighted by Gasteiger charge is -2.05. The standard InChI is InChI=1S/C13H12N4O3/c1-8-9(2)20-13(16-8)7-15-11-5-10(6-14)3-4-12(11)17(18)19/h3-5,15H,7H2,1-2H3. The Hall–Kier alpha value is -2.88. The van der Waals surface area contributed by atoms with Gasteiger partial charge in [0, 0.05) is 6.07 Å². The smallest absolute Gasteiger partial charge is 0.292 e. The summed E-state index contributed by atoms with van der Waals surface area (Å²) < 4.78 is 5.38. The van der Waals surface area contributed by atoms with E-state index in [-0.39, 0.29) is 17.9 Å². The first-order chi connectivity index (χ1) is 9.51. The van der Waals surface area contributed by atoms with Crippen LogP contribution in [-0.2, 0) is 6.54 Å².